The summed E-state index contributed by atoms with van der Waals surface area (Å²) in [6.45, 7) is 7.33. The van der Waals surface area contributed by atoms with Crippen molar-refractivity contribution in [3.8, 4) is 0 Å². The molecule has 1 heterocycles. The Balaban J connectivity index is 2.86. The van der Waals surface area contributed by atoms with Crippen LogP contribution in [0.3, 0.4) is 0 Å². The van der Waals surface area contributed by atoms with Crippen LogP contribution in [0.5, 0.6) is 0 Å². The smallest absolute Gasteiger partial charge is 0.182 e. The van der Waals surface area contributed by atoms with Crippen LogP contribution in [0, 0.1) is 18.3 Å². The van der Waals surface area contributed by atoms with Crippen LogP contribution in [0.15, 0.2) is 6.20 Å². The van der Waals surface area contributed by atoms with E-state index in [9.17, 15) is 0 Å². The highest BCUT2D eigenvalue weighted by Crippen LogP contribution is 2.03. The summed E-state index contributed by atoms with van der Waals surface area (Å²) in [5, 5.41) is 7.57. The molecule has 0 saturated carbocycles. The Morgan fingerprint density at radius 3 is 2.64 bits per heavy atom. The van der Waals surface area contributed by atoms with Gasteiger partial charge in [-0.15, -0.1) is 11.3 Å². The van der Waals surface area contributed by atoms with Crippen molar-refractivity contribution < 1.29 is 0 Å². The Morgan fingerprint density at radius 1 is 1.64 bits per heavy atom. The maximum absolute atomic E-state index is 7.57. The molecule has 0 radical (unpaired) electrons. The van der Waals surface area contributed by atoms with Crippen molar-refractivity contribution in [1.29, 1.82) is 5.41 Å². The van der Waals surface area contributed by atoms with Crippen LogP contribution in [0.25, 0.3) is 0 Å². The number of hydrogen-bond acceptors (Lipinski definition) is 2. The zero-order valence-corrected chi connectivity index (χ0v) is 8.03. The lowest BCUT2D eigenvalue weighted by Gasteiger charge is -2.04. The molecule has 0 aromatic carbocycles. The fourth-order valence-corrected chi connectivity index (χ4v) is 1.77. The maximum Gasteiger partial charge on any atom is 0.182 e. The lowest BCUT2D eigenvalue weighted by Crippen LogP contribution is -2.15. The molecule has 0 saturated heterocycles. The number of aryl methyl sites for hydroxylation is 1. The van der Waals surface area contributed by atoms with Crippen LogP contribution < -0.4 is 4.80 Å². The van der Waals surface area contributed by atoms with Crippen molar-refractivity contribution in [2.75, 3.05) is 0 Å². The minimum Gasteiger partial charge on any atom is -0.324 e. The Bertz CT molecular complexity index is 283. The molecule has 3 heteroatoms. The highest BCUT2D eigenvalue weighted by atomic mass is 32.1. The SMILES string of the molecule is Cc1cn(CC(C)C)c(=N)s1. The zero-order chi connectivity index (χ0) is 8.43. The van der Waals surface area contributed by atoms with Gasteiger partial charge in [0, 0.05) is 17.6 Å². The Kier molecular flexibility index (Phi) is 2.49. The molecule has 0 atom stereocenters. The molecule has 11 heavy (non-hydrogen) atoms. The van der Waals surface area contributed by atoms with Gasteiger partial charge in [0.2, 0.25) is 0 Å². The zero-order valence-electron chi connectivity index (χ0n) is 7.22. The van der Waals surface area contributed by atoms with E-state index in [4.69, 9.17) is 5.41 Å². The molecular formula is C8H14N2S. The predicted molar refractivity (Wildman–Crippen MR) is 47.7 cm³/mol. The standard InChI is InChI=1S/C8H14N2S/c1-6(2)4-10-5-7(3)11-8(10)9/h5-6,9H,4H2,1-3H3. The van der Waals surface area contributed by atoms with E-state index in [1.54, 1.807) is 11.3 Å². The first-order chi connectivity index (χ1) is 5.09. The van der Waals surface area contributed by atoms with Crippen LogP contribution in [-0.4, -0.2) is 4.57 Å². The van der Waals surface area contributed by atoms with Gasteiger partial charge in [0.05, 0.1) is 0 Å². The van der Waals surface area contributed by atoms with Gasteiger partial charge in [0.15, 0.2) is 4.80 Å². The molecule has 0 aliphatic rings. The van der Waals surface area contributed by atoms with E-state index in [0.29, 0.717) is 10.7 Å². The summed E-state index contributed by atoms with van der Waals surface area (Å²) < 4.78 is 2.00. The number of rotatable bonds is 2. The van der Waals surface area contributed by atoms with Gasteiger partial charge in [-0.2, -0.15) is 0 Å². The van der Waals surface area contributed by atoms with Crippen molar-refractivity contribution in [3.63, 3.8) is 0 Å². The first kappa shape index (κ1) is 8.53. The molecule has 0 spiro atoms. The van der Waals surface area contributed by atoms with Crippen molar-refractivity contribution in [2.24, 2.45) is 5.92 Å². The normalized spacial score (nSPS) is 10.9. The van der Waals surface area contributed by atoms with E-state index in [2.05, 4.69) is 13.8 Å². The second-order valence-corrected chi connectivity index (χ2v) is 4.43. The first-order valence-electron chi connectivity index (χ1n) is 3.81. The molecular weight excluding hydrogens is 156 g/mol. The van der Waals surface area contributed by atoms with Crippen LogP contribution in [0.4, 0.5) is 0 Å². The molecule has 0 bridgehead atoms. The largest absolute Gasteiger partial charge is 0.324 e. The Labute approximate surface area is 71.0 Å². The first-order valence-corrected chi connectivity index (χ1v) is 4.62. The molecule has 1 aromatic heterocycles. The molecule has 0 amide bonds. The average molecular weight is 170 g/mol. The molecule has 1 rings (SSSR count). The summed E-state index contributed by atoms with van der Waals surface area (Å²) in [5.74, 6) is 0.623. The Hall–Kier alpha value is -0.570. The minimum atomic E-state index is 0.623. The molecule has 62 valence electrons. The van der Waals surface area contributed by atoms with Crippen LogP contribution in [-0.2, 0) is 6.54 Å². The van der Waals surface area contributed by atoms with Gasteiger partial charge in [-0.1, -0.05) is 13.8 Å². The second-order valence-electron chi connectivity index (χ2n) is 3.19. The number of thiazole rings is 1. The van der Waals surface area contributed by atoms with Gasteiger partial charge in [-0.25, -0.2) is 0 Å². The Morgan fingerprint density at radius 2 is 2.27 bits per heavy atom. The van der Waals surface area contributed by atoms with Gasteiger partial charge in [-0.05, 0) is 12.8 Å². The number of aromatic nitrogens is 1. The summed E-state index contributed by atoms with van der Waals surface area (Å²) in [6.07, 6.45) is 2.05. The minimum absolute atomic E-state index is 0.623. The number of nitrogens with one attached hydrogen (secondary N) is 1. The number of nitrogens with zero attached hydrogens (tertiary/aromatic N) is 1. The fourth-order valence-electron chi connectivity index (χ4n) is 1.04. The van der Waals surface area contributed by atoms with Crippen molar-refractivity contribution in [1.82, 2.24) is 4.57 Å². The molecule has 1 aromatic rings. The topological polar surface area (TPSA) is 28.8 Å². The van der Waals surface area contributed by atoms with Crippen molar-refractivity contribution >= 4 is 11.3 Å². The van der Waals surface area contributed by atoms with E-state index in [1.165, 1.54) is 4.88 Å². The van der Waals surface area contributed by atoms with Crippen molar-refractivity contribution in [2.45, 2.75) is 27.3 Å². The van der Waals surface area contributed by atoms with Crippen molar-refractivity contribution in [3.05, 3.63) is 15.9 Å². The lowest BCUT2D eigenvalue weighted by molar-refractivity contribution is 0.511. The van der Waals surface area contributed by atoms with E-state index in [1.807, 2.05) is 17.7 Å². The lowest BCUT2D eigenvalue weighted by atomic mass is 10.2. The third kappa shape index (κ3) is 2.19. The van der Waals surface area contributed by atoms with Crippen LogP contribution in [0.1, 0.15) is 18.7 Å². The monoisotopic (exact) mass is 170 g/mol. The second kappa shape index (κ2) is 3.22. The predicted octanol–water partition coefficient (Wildman–Crippen LogP) is 1.99. The summed E-state index contributed by atoms with van der Waals surface area (Å²) in [7, 11) is 0. The number of hydrogen-bond donors (Lipinski definition) is 1. The quantitative estimate of drug-likeness (QED) is 0.703. The van der Waals surface area contributed by atoms with Crippen LogP contribution >= 0.6 is 11.3 Å². The summed E-state index contributed by atoms with van der Waals surface area (Å²) in [4.78, 5) is 1.88. The highest BCUT2D eigenvalue weighted by molar-refractivity contribution is 7.09. The highest BCUT2D eigenvalue weighted by Gasteiger charge is 1.99. The summed E-state index contributed by atoms with van der Waals surface area (Å²) in [5.41, 5.74) is 0. The maximum atomic E-state index is 7.57. The van der Waals surface area contributed by atoms with Crippen LogP contribution in [0.2, 0.25) is 0 Å². The molecule has 0 aliphatic carbocycles. The average Bonchev–Trinajstić information content (AvgIpc) is 2.09. The van der Waals surface area contributed by atoms with Gasteiger partial charge >= 0.3 is 0 Å². The van der Waals surface area contributed by atoms with Gasteiger partial charge in [-0.3, -0.25) is 5.41 Å². The van der Waals surface area contributed by atoms with Gasteiger partial charge in [0.1, 0.15) is 0 Å². The van der Waals surface area contributed by atoms with E-state index in [0.717, 1.165) is 6.54 Å². The summed E-state index contributed by atoms with van der Waals surface area (Å²) >= 11 is 1.54. The van der Waals surface area contributed by atoms with Gasteiger partial charge < -0.3 is 4.57 Å². The molecule has 0 fully saturated rings. The molecule has 0 aliphatic heterocycles. The third-order valence-corrected chi connectivity index (χ3v) is 2.27. The third-order valence-electron chi connectivity index (χ3n) is 1.42. The van der Waals surface area contributed by atoms with E-state index >= 15 is 0 Å². The molecule has 2 nitrogen and oxygen atoms in total. The fraction of sp³-hybridized carbons (Fsp3) is 0.625. The van der Waals surface area contributed by atoms with E-state index in [-0.39, 0.29) is 0 Å². The molecule has 1 N–H and O–H groups in total. The van der Waals surface area contributed by atoms with E-state index < -0.39 is 0 Å². The summed E-state index contributed by atoms with van der Waals surface area (Å²) in [6, 6.07) is 0. The molecule has 0 unspecified atom stereocenters. The van der Waals surface area contributed by atoms with Gasteiger partial charge in [0.25, 0.3) is 0 Å².